The Labute approximate surface area is 112 Å². The number of hydrogen-bond donors (Lipinski definition) is 2. The van der Waals surface area contributed by atoms with E-state index in [0.717, 1.165) is 29.9 Å². The third kappa shape index (κ3) is 2.55. The van der Waals surface area contributed by atoms with Gasteiger partial charge in [0.1, 0.15) is 13.2 Å². The van der Waals surface area contributed by atoms with E-state index in [1.54, 1.807) is 0 Å². The number of nitrogens with two attached hydrogens (primary N) is 1. The predicted molar refractivity (Wildman–Crippen MR) is 70.3 cm³/mol. The lowest BCUT2D eigenvalue weighted by Gasteiger charge is -2.22. The molecule has 0 aromatic heterocycles. The second-order valence-corrected chi connectivity index (χ2v) is 4.76. The van der Waals surface area contributed by atoms with Crippen LogP contribution in [0.3, 0.4) is 0 Å². The van der Waals surface area contributed by atoms with Crippen LogP contribution >= 0.6 is 12.4 Å². The quantitative estimate of drug-likeness (QED) is 0.877. The van der Waals surface area contributed by atoms with E-state index in [-0.39, 0.29) is 18.4 Å². The van der Waals surface area contributed by atoms with Crippen LogP contribution in [0, 0.1) is 5.92 Å². The van der Waals surface area contributed by atoms with Gasteiger partial charge in [-0.05, 0) is 36.5 Å². The summed E-state index contributed by atoms with van der Waals surface area (Å²) in [6.45, 7) is 1.15. The first kappa shape index (κ1) is 13.5. The van der Waals surface area contributed by atoms with Gasteiger partial charge in [0.05, 0.1) is 12.1 Å². The molecule has 3 rings (SSSR count). The molecule has 1 aromatic rings. The zero-order chi connectivity index (χ0) is 11.8. The summed E-state index contributed by atoms with van der Waals surface area (Å²) >= 11 is 0. The van der Waals surface area contributed by atoms with Crippen LogP contribution in [-0.4, -0.2) is 24.4 Å². The third-order valence-corrected chi connectivity index (χ3v) is 3.42. The number of hydrogen-bond acceptors (Lipinski definition) is 4. The molecule has 0 unspecified atom stereocenters. The fourth-order valence-electron chi connectivity index (χ4n) is 2.20. The second kappa shape index (κ2) is 5.34. The molecule has 2 aliphatic rings. The minimum Gasteiger partial charge on any atom is -0.486 e. The van der Waals surface area contributed by atoms with Gasteiger partial charge in [0.25, 0.3) is 0 Å². The number of aliphatic hydroxyl groups is 1. The van der Waals surface area contributed by atoms with E-state index >= 15 is 0 Å². The molecule has 1 aromatic carbocycles. The summed E-state index contributed by atoms with van der Waals surface area (Å²) in [5, 5.41) is 10.0. The Kier molecular flexibility index (Phi) is 4.00. The molecule has 0 radical (unpaired) electrons. The molecule has 0 spiro atoms. The lowest BCUT2D eigenvalue weighted by molar-refractivity contribution is 0.121. The van der Waals surface area contributed by atoms with Gasteiger partial charge >= 0.3 is 0 Å². The van der Waals surface area contributed by atoms with Crippen molar-refractivity contribution in [3.05, 3.63) is 23.8 Å². The molecule has 2 atom stereocenters. The second-order valence-electron chi connectivity index (χ2n) is 4.76. The molecule has 0 amide bonds. The van der Waals surface area contributed by atoms with Crippen molar-refractivity contribution >= 4 is 12.4 Å². The van der Waals surface area contributed by atoms with Crippen molar-refractivity contribution in [1.29, 1.82) is 0 Å². The van der Waals surface area contributed by atoms with Crippen molar-refractivity contribution in [3.8, 4) is 11.5 Å². The third-order valence-electron chi connectivity index (χ3n) is 3.42. The number of benzene rings is 1. The van der Waals surface area contributed by atoms with Crippen molar-refractivity contribution in [2.24, 2.45) is 11.7 Å². The Morgan fingerprint density at radius 3 is 2.50 bits per heavy atom. The number of rotatable bonds is 3. The van der Waals surface area contributed by atoms with Crippen LogP contribution in [-0.2, 0) is 0 Å². The summed E-state index contributed by atoms with van der Waals surface area (Å²) in [5.74, 6) is 1.86. The first-order chi connectivity index (χ1) is 8.25. The van der Waals surface area contributed by atoms with Crippen LogP contribution in [0.5, 0.6) is 11.5 Å². The van der Waals surface area contributed by atoms with Crippen molar-refractivity contribution in [3.63, 3.8) is 0 Å². The number of ether oxygens (including phenoxy) is 2. The number of fused-ring (bicyclic) bond motifs is 1. The highest BCUT2D eigenvalue weighted by Crippen LogP contribution is 2.39. The maximum Gasteiger partial charge on any atom is 0.161 e. The molecule has 0 bridgehead atoms. The van der Waals surface area contributed by atoms with Gasteiger partial charge in [0.15, 0.2) is 11.5 Å². The monoisotopic (exact) mass is 271 g/mol. The highest BCUT2D eigenvalue weighted by atomic mass is 35.5. The molecule has 1 saturated carbocycles. The fraction of sp³-hybridized carbons (Fsp3) is 0.538. The number of halogens is 1. The average molecular weight is 272 g/mol. The topological polar surface area (TPSA) is 64.7 Å². The Bertz CT molecular complexity index is 423. The molecule has 0 saturated heterocycles. The van der Waals surface area contributed by atoms with E-state index in [2.05, 4.69) is 0 Å². The van der Waals surface area contributed by atoms with Crippen molar-refractivity contribution < 1.29 is 14.6 Å². The van der Waals surface area contributed by atoms with Gasteiger partial charge < -0.3 is 20.3 Å². The van der Waals surface area contributed by atoms with Gasteiger partial charge in [-0.1, -0.05) is 6.07 Å². The summed E-state index contributed by atoms with van der Waals surface area (Å²) in [4.78, 5) is 0. The van der Waals surface area contributed by atoms with Crippen LogP contribution < -0.4 is 15.2 Å². The standard InChI is InChI=1S/C13H17NO3.ClH/c14-12(13(15)8-1-2-8)9-3-4-10-11(7-9)17-6-5-16-10;/h3-4,7-8,12-13,15H,1-2,5-6,14H2;1H/t12-,13+;/m1./s1. The molecule has 4 nitrogen and oxygen atoms in total. The minimum absolute atomic E-state index is 0. The molecular formula is C13H18ClNO3. The van der Waals surface area contributed by atoms with Crippen LogP contribution in [0.4, 0.5) is 0 Å². The highest BCUT2D eigenvalue weighted by molar-refractivity contribution is 5.85. The lowest BCUT2D eigenvalue weighted by Crippen LogP contribution is -2.28. The summed E-state index contributed by atoms with van der Waals surface area (Å²) < 4.78 is 11.0. The molecule has 18 heavy (non-hydrogen) atoms. The lowest BCUT2D eigenvalue weighted by atomic mass is 9.98. The van der Waals surface area contributed by atoms with Gasteiger partial charge in [-0.25, -0.2) is 0 Å². The molecule has 3 N–H and O–H groups in total. The van der Waals surface area contributed by atoms with Crippen LogP contribution in [0.1, 0.15) is 24.4 Å². The van der Waals surface area contributed by atoms with Crippen LogP contribution in [0.25, 0.3) is 0 Å². The van der Waals surface area contributed by atoms with Gasteiger partial charge in [-0.3, -0.25) is 0 Å². The van der Waals surface area contributed by atoms with E-state index in [4.69, 9.17) is 15.2 Å². The fourth-order valence-corrected chi connectivity index (χ4v) is 2.20. The van der Waals surface area contributed by atoms with E-state index in [0.29, 0.717) is 19.1 Å². The molecule has 1 fully saturated rings. The Morgan fingerprint density at radius 1 is 1.17 bits per heavy atom. The molecular weight excluding hydrogens is 254 g/mol. The van der Waals surface area contributed by atoms with E-state index < -0.39 is 6.10 Å². The zero-order valence-corrected chi connectivity index (χ0v) is 10.9. The number of aliphatic hydroxyl groups excluding tert-OH is 1. The predicted octanol–water partition coefficient (Wildman–Crippen LogP) is 1.65. The summed E-state index contributed by atoms with van der Waals surface area (Å²) in [5.41, 5.74) is 6.98. The normalized spacial score (nSPS) is 20.8. The first-order valence-corrected chi connectivity index (χ1v) is 6.09. The molecule has 5 heteroatoms. The van der Waals surface area contributed by atoms with Crippen LogP contribution in [0.15, 0.2) is 18.2 Å². The van der Waals surface area contributed by atoms with Gasteiger partial charge in [0, 0.05) is 0 Å². The molecule has 100 valence electrons. The SMILES string of the molecule is Cl.N[C@H](c1ccc2c(c1)OCCO2)[C@@H](O)C1CC1. The highest BCUT2D eigenvalue weighted by Gasteiger charge is 2.34. The maximum atomic E-state index is 10.0. The Hall–Kier alpha value is -0.970. The summed E-state index contributed by atoms with van der Waals surface area (Å²) in [6, 6.07) is 5.32. The van der Waals surface area contributed by atoms with Crippen molar-refractivity contribution in [2.75, 3.05) is 13.2 Å². The molecule has 1 heterocycles. The molecule has 1 aliphatic carbocycles. The Morgan fingerprint density at radius 2 is 1.83 bits per heavy atom. The maximum absolute atomic E-state index is 10.0. The van der Waals surface area contributed by atoms with E-state index in [1.807, 2.05) is 18.2 Å². The van der Waals surface area contributed by atoms with Gasteiger partial charge in [-0.15, -0.1) is 12.4 Å². The van der Waals surface area contributed by atoms with Crippen molar-refractivity contribution in [1.82, 2.24) is 0 Å². The smallest absolute Gasteiger partial charge is 0.161 e. The first-order valence-electron chi connectivity index (χ1n) is 6.09. The van der Waals surface area contributed by atoms with Gasteiger partial charge in [-0.2, -0.15) is 0 Å². The minimum atomic E-state index is -0.447. The molecule has 1 aliphatic heterocycles. The van der Waals surface area contributed by atoms with E-state index in [9.17, 15) is 5.11 Å². The average Bonchev–Trinajstić information content (AvgIpc) is 3.21. The summed E-state index contributed by atoms with van der Waals surface area (Å²) in [7, 11) is 0. The van der Waals surface area contributed by atoms with Crippen LogP contribution in [0.2, 0.25) is 0 Å². The van der Waals surface area contributed by atoms with Crippen molar-refractivity contribution in [2.45, 2.75) is 25.0 Å². The largest absolute Gasteiger partial charge is 0.486 e. The summed E-state index contributed by atoms with van der Waals surface area (Å²) in [6.07, 6.45) is 1.72. The van der Waals surface area contributed by atoms with Gasteiger partial charge in [0.2, 0.25) is 0 Å². The zero-order valence-electron chi connectivity index (χ0n) is 10.0. The van der Waals surface area contributed by atoms with E-state index in [1.165, 1.54) is 0 Å². The Balaban J connectivity index is 0.00000120.